The summed E-state index contributed by atoms with van der Waals surface area (Å²) < 4.78 is 12.9. The van der Waals surface area contributed by atoms with Gasteiger partial charge < -0.3 is 11.1 Å². The van der Waals surface area contributed by atoms with Crippen molar-refractivity contribution in [2.24, 2.45) is 0 Å². The first kappa shape index (κ1) is 12.4. The Kier molecular flexibility index (Phi) is 3.48. The lowest BCUT2D eigenvalue weighted by Crippen LogP contribution is -2.14. The van der Waals surface area contributed by atoms with Crippen molar-refractivity contribution >= 4 is 28.9 Å². The van der Waals surface area contributed by atoms with E-state index in [1.807, 2.05) is 0 Å². The van der Waals surface area contributed by atoms with Crippen molar-refractivity contribution in [3.63, 3.8) is 0 Å². The lowest BCUT2D eigenvalue weighted by atomic mass is 10.1. The van der Waals surface area contributed by atoms with Gasteiger partial charge in [-0.2, -0.15) is 0 Å². The van der Waals surface area contributed by atoms with Crippen LogP contribution in [0, 0.1) is 5.82 Å². The van der Waals surface area contributed by atoms with E-state index >= 15 is 0 Å². The molecule has 0 fully saturated rings. The molecule has 92 valence electrons. The van der Waals surface area contributed by atoms with Crippen LogP contribution in [0.2, 0.25) is 5.02 Å². The molecule has 0 atom stereocenters. The zero-order valence-corrected chi connectivity index (χ0v) is 10.0. The Balaban J connectivity index is 2.24. The van der Waals surface area contributed by atoms with Crippen LogP contribution in [-0.2, 0) is 0 Å². The van der Waals surface area contributed by atoms with Crippen LogP contribution in [0.5, 0.6) is 0 Å². The van der Waals surface area contributed by atoms with Crippen molar-refractivity contribution in [1.82, 2.24) is 0 Å². The fourth-order valence-corrected chi connectivity index (χ4v) is 1.70. The van der Waals surface area contributed by atoms with E-state index in [-0.39, 0.29) is 10.9 Å². The minimum atomic E-state index is -0.461. The molecule has 0 radical (unpaired) electrons. The molecular weight excluding hydrogens is 255 g/mol. The molecule has 1 amide bonds. The van der Waals surface area contributed by atoms with Crippen LogP contribution in [0.3, 0.4) is 0 Å². The number of hydrogen-bond donors (Lipinski definition) is 2. The molecule has 0 saturated carbocycles. The van der Waals surface area contributed by atoms with Crippen molar-refractivity contribution in [2.75, 3.05) is 11.1 Å². The van der Waals surface area contributed by atoms with Crippen molar-refractivity contribution in [2.45, 2.75) is 0 Å². The first-order valence-corrected chi connectivity index (χ1v) is 5.56. The maximum absolute atomic E-state index is 12.9. The zero-order chi connectivity index (χ0) is 13.1. The van der Waals surface area contributed by atoms with Gasteiger partial charge in [-0.25, -0.2) is 4.39 Å². The average molecular weight is 265 g/mol. The largest absolute Gasteiger partial charge is 0.398 e. The molecule has 0 saturated heterocycles. The Bertz CT molecular complexity index is 601. The van der Waals surface area contributed by atoms with Crippen LogP contribution in [0.1, 0.15) is 10.4 Å². The van der Waals surface area contributed by atoms with Crippen LogP contribution < -0.4 is 11.1 Å². The molecule has 0 unspecified atom stereocenters. The first-order chi connectivity index (χ1) is 8.58. The number of nitrogens with one attached hydrogen (secondary N) is 1. The molecule has 0 aliphatic rings. The molecule has 18 heavy (non-hydrogen) atoms. The van der Waals surface area contributed by atoms with Gasteiger partial charge in [0.05, 0.1) is 16.3 Å². The van der Waals surface area contributed by atoms with E-state index in [1.165, 1.54) is 12.1 Å². The number of halogens is 2. The second-order valence-electron chi connectivity index (χ2n) is 3.67. The number of carbonyl (C=O) groups excluding carboxylic acids is 1. The molecule has 0 bridgehead atoms. The lowest BCUT2D eigenvalue weighted by molar-refractivity contribution is 0.102. The summed E-state index contributed by atoms with van der Waals surface area (Å²) >= 11 is 5.81. The topological polar surface area (TPSA) is 55.1 Å². The molecule has 0 heterocycles. The van der Waals surface area contributed by atoms with Gasteiger partial charge in [0.25, 0.3) is 5.91 Å². The average Bonchev–Trinajstić information content (AvgIpc) is 2.33. The van der Waals surface area contributed by atoms with Crippen molar-refractivity contribution in [3.05, 3.63) is 58.9 Å². The number of anilines is 2. The summed E-state index contributed by atoms with van der Waals surface area (Å²) in [4.78, 5) is 11.9. The van der Waals surface area contributed by atoms with E-state index < -0.39 is 5.82 Å². The van der Waals surface area contributed by atoms with Gasteiger partial charge in [0.2, 0.25) is 0 Å². The monoisotopic (exact) mass is 264 g/mol. The molecule has 0 aromatic heterocycles. The Morgan fingerprint density at radius 1 is 1.22 bits per heavy atom. The molecule has 0 spiro atoms. The Morgan fingerprint density at radius 2 is 1.94 bits per heavy atom. The highest BCUT2D eigenvalue weighted by Gasteiger charge is 2.11. The fraction of sp³-hybridized carbons (Fsp3) is 0. The predicted octanol–water partition coefficient (Wildman–Crippen LogP) is 3.31. The van der Waals surface area contributed by atoms with E-state index in [4.69, 9.17) is 17.3 Å². The van der Waals surface area contributed by atoms with Crippen LogP contribution in [0.15, 0.2) is 42.5 Å². The third-order valence-corrected chi connectivity index (χ3v) is 2.70. The molecule has 2 rings (SSSR count). The molecule has 5 heteroatoms. The van der Waals surface area contributed by atoms with Crippen LogP contribution >= 0.6 is 11.6 Å². The van der Waals surface area contributed by atoms with Gasteiger partial charge in [-0.1, -0.05) is 23.7 Å². The minimum Gasteiger partial charge on any atom is -0.398 e. The lowest BCUT2D eigenvalue weighted by Gasteiger charge is -2.08. The summed E-state index contributed by atoms with van der Waals surface area (Å²) in [5, 5.41) is 2.71. The Labute approximate surface area is 108 Å². The summed E-state index contributed by atoms with van der Waals surface area (Å²) in [5.41, 5.74) is 6.74. The highest BCUT2D eigenvalue weighted by molar-refractivity contribution is 6.34. The second-order valence-corrected chi connectivity index (χ2v) is 4.07. The standard InChI is InChI=1S/C13H10ClFN2O/c14-10-7-8(15)5-6-12(10)17-13(18)9-3-1-2-4-11(9)16/h1-7H,16H2,(H,17,18). The number of hydrogen-bond acceptors (Lipinski definition) is 2. The highest BCUT2D eigenvalue weighted by atomic mass is 35.5. The van der Waals surface area contributed by atoms with E-state index in [1.54, 1.807) is 24.3 Å². The van der Waals surface area contributed by atoms with Gasteiger partial charge >= 0.3 is 0 Å². The number of nitrogens with two attached hydrogens (primary N) is 1. The minimum absolute atomic E-state index is 0.137. The van der Waals surface area contributed by atoms with Gasteiger partial charge in [-0.3, -0.25) is 4.79 Å². The number of carbonyl (C=O) groups is 1. The van der Waals surface area contributed by atoms with Gasteiger partial charge in [-0.15, -0.1) is 0 Å². The number of nitrogen functional groups attached to an aromatic ring is 1. The van der Waals surface area contributed by atoms with Gasteiger partial charge in [0, 0.05) is 5.69 Å². The first-order valence-electron chi connectivity index (χ1n) is 5.19. The van der Waals surface area contributed by atoms with Gasteiger partial charge in [0.1, 0.15) is 5.82 Å². The molecule has 3 N–H and O–H groups in total. The second kappa shape index (κ2) is 5.06. The quantitative estimate of drug-likeness (QED) is 0.818. The number of rotatable bonds is 2. The van der Waals surface area contributed by atoms with Gasteiger partial charge in [0.15, 0.2) is 0 Å². The number of amides is 1. The van der Waals surface area contributed by atoms with Crippen LogP contribution in [-0.4, -0.2) is 5.91 Å². The SMILES string of the molecule is Nc1ccccc1C(=O)Nc1ccc(F)cc1Cl. The smallest absolute Gasteiger partial charge is 0.257 e. The summed E-state index contributed by atoms with van der Waals surface area (Å²) in [5.74, 6) is -0.848. The molecule has 3 nitrogen and oxygen atoms in total. The summed E-state index contributed by atoms with van der Waals surface area (Å²) in [6, 6.07) is 10.4. The number of para-hydroxylation sites is 1. The third-order valence-electron chi connectivity index (χ3n) is 2.38. The normalized spacial score (nSPS) is 10.1. The number of benzene rings is 2. The van der Waals surface area contributed by atoms with E-state index in [9.17, 15) is 9.18 Å². The molecule has 2 aromatic carbocycles. The van der Waals surface area contributed by atoms with E-state index in [0.717, 1.165) is 6.07 Å². The predicted molar refractivity (Wildman–Crippen MR) is 70.2 cm³/mol. The summed E-state index contributed by atoms with van der Waals surface area (Å²) in [7, 11) is 0. The van der Waals surface area contributed by atoms with Gasteiger partial charge in [-0.05, 0) is 30.3 Å². The maximum atomic E-state index is 12.9. The van der Waals surface area contributed by atoms with Crippen molar-refractivity contribution in [1.29, 1.82) is 0 Å². The molecule has 0 aliphatic carbocycles. The molecular formula is C13H10ClFN2O. The Morgan fingerprint density at radius 3 is 2.61 bits per heavy atom. The maximum Gasteiger partial charge on any atom is 0.257 e. The molecule has 0 aliphatic heterocycles. The summed E-state index contributed by atoms with van der Waals surface area (Å²) in [6.45, 7) is 0. The zero-order valence-electron chi connectivity index (χ0n) is 9.28. The van der Waals surface area contributed by atoms with Crippen LogP contribution in [0.4, 0.5) is 15.8 Å². The van der Waals surface area contributed by atoms with Crippen molar-refractivity contribution < 1.29 is 9.18 Å². The fourth-order valence-electron chi connectivity index (χ4n) is 1.48. The summed E-state index contributed by atoms with van der Waals surface area (Å²) in [6.07, 6.45) is 0. The van der Waals surface area contributed by atoms with E-state index in [2.05, 4.69) is 5.32 Å². The molecule has 2 aromatic rings. The third kappa shape index (κ3) is 2.60. The van der Waals surface area contributed by atoms with Crippen LogP contribution in [0.25, 0.3) is 0 Å². The Hall–Kier alpha value is -2.07. The van der Waals surface area contributed by atoms with E-state index in [0.29, 0.717) is 16.9 Å². The highest BCUT2D eigenvalue weighted by Crippen LogP contribution is 2.23. The van der Waals surface area contributed by atoms with Crippen molar-refractivity contribution in [3.8, 4) is 0 Å².